The maximum atomic E-state index is 14.7. The SMILES string of the molecule is Cc1ccc(NC(=O)N[C@@H](Cc2cc(F)cc(F)c2)C(=O)N[C@@H]2C(=O)N3CCC[C@H]3C(=O)N3CCOC[C@H]3C(=O)N[C@@H](C)C(=O)N3C[C@H](C)C[C@H]3C(=O)O[C@H]2C)cc1. The first-order chi connectivity index (χ1) is 27.6. The van der Waals surface area contributed by atoms with Gasteiger partial charge in [-0.3, -0.25) is 24.0 Å². The van der Waals surface area contributed by atoms with Gasteiger partial charge in [-0.2, -0.15) is 0 Å². The lowest BCUT2D eigenvalue weighted by molar-refractivity contribution is -0.164. The van der Waals surface area contributed by atoms with Crippen molar-refractivity contribution in [3.63, 3.8) is 0 Å². The Labute approximate surface area is 334 Å². The Morgan fingerprint density at radius 3 is 2.28 bits per heavy atom. The minimum Gasteiger partial charge on any atom is -0.458 e. The number of hydrogen-bond acceptors (Lipinski definition) is 9. The first-order valence-corrected chi connectivity index (χ1v) is 19.5. The average Bonchev–Trinajstić information content (AvgIpc) is 3.83. The number of hydrogen-bond donors (Lipinski definition) is 4. The van der Waals surface area contributed by atoms with Gasteiger partial charge in [-0.05, 0) is 75.8 Å². The first-order valence-electron chi connectivity index (χ1n) is 19.5. The Bertz CT molecular complexity index is 1910. The van der Waals surface area contributed by atoms with E-state index in [-0.39, 0.29) is 57.2 Å². The van der Waals surface area contributed by atoms with E-state index in [1.807, 2.05) is 13.8 Å². The summed E-state index contributed by atoms with van der Waals surface area (Å²) in [6, 6.07) is 1.10. The molecule has 4 heterocycles. The van der Waals surface area contributed by atoms with Gasteiger partial charge in [0, 0.05) is 37.8 Å². The van der Waals surface area contributed by atoms with E-state index in [9.17, 15) is 42.3 Å². The summed E-state index contributed by atoms with van der Waals surface area (Å²) >= 11 is 0. The fraction of sp³-hybridized carbons (Fsp3) is 0.525. The summed E-state index contributed by atoms with van der Waals surface area (Å²) in [6.45, 7) is 6.86. The molecule has 4 saturated heterocycles. The van der Waals surface area contributed by atoms with Gasteiger partial charge in [-0.15, -0.1) is 0 Å². The number of aryl methyl sites for hydroxylation is 1. The Morgan fingerprint density at radius 1 is 0.879 bits per heavy atom. The summed E-state index contributed by atoms with van der Waals surface area (Å²) < 4.78 is 40.1. The van der Waals surface area contributed by atoms with Crippen LogP contribution in [0.5, 0.6) is 0 Å². The number of nitrogens with zero attached hydrogens (tertiary/aromatic N) is 3. The molecule has 8 atom stereocenters. The largest absolute Gasteiger partial charge is 0.458 e. The number of cyclic esters (lactones) is 1. The zero-order chi connectivity index (χ0) is 41.8. The van der Waals surface area contributed by atoms with Crippen molar-refractivity contribution in [3.05, 3.63) is 65.2 Å². The summed E-state index contributed by atoms with van der Waals surface area (Å²) in [5.41, 5.74) is 1.33. The maximum absolute atomic E-state index is 14.7. The van der Waals surface area contributed by atoms with Crippen molar-refractivity contribution in [2.45, 2.75) is 95.7 Å². The minimum atomic E-state index is -1.64. The van der Waals surface area contributed by atoms with Crippen LogP contribution in [0.4, 0.5) is 19.3 Å². The number of nitrogens with one attached hydrogen (secondary N) is 4. The van der Waals surface area contributed by atoms with E-state index in [2.05, 4.69) is 21.3 Å². The van der Waals surface area contributed by atoms with Crippen molar-refractivity contribution in [1.29, 1.82) is 0 Å². The van der Waals surface area contributed by atoms with Crippen LogP contribution in [-0.2, 0) is 44.7 Å². The second-order valence-electron chi connectivity index (χ2n) is 15.5. The topological polar surface area (TPSA) is 196 Å². The number of ether oxygens (including phenoxy) is 2. The molecular formula is C40H49F2N7O9. The highest BCUT2D eigenvalue weighted by molar-refractivity contribution is 5.99. The zero-order valence-corrected chi connectivity index (χ0v) is 32.8. The minimum absolute atomic E-state index is 0.0146. The Balaban J connectivity index is 1.34. The van der Waals surface area contributed by atoms with Gasteiger partial charge in [0.1, 0.15) is 54.0 Å². The van der Waals surface area contributed by atoms with Gasteiger partial charge in [0.25, 0.3) is 0 Å². The molecule has 0 spiro atoms. The third-order valence-electron chi connectivity index (χ3n) is 11.0. The Morgan fingerprint density at radius 2 is 1.57 bits per heavy atom. The molecule has 18 heteroatoms. The lowest BCUT2D eigenvalue weighted by atomic mass is 10.0. The van der Waals surface area contributed by atoms with Gasteiger partial charge in [0.05, 0.1) is 13.2 Å². The van der Waals surface area contributed by atoms with E-state index < -0.39 is 102 Å². The number of amides is 7. The number of carbonyl (C=O) groups is 7. The van der Waals surface area contributed by atoms with Gasteiger partial charge in [0.2, 0.25) is 29.5 Å². The molecule has 2 aromatic carbocycles. The van der Waals surface area contributed by atoms with Crippen LogP contribution in [-0.4, -0.2) is 131 Å². The van der Waals surface area contributed by atoms with Gasteiger partial charge >= 0.3 is 12.0 Å². The normalized spacial score (nSPS) is 27.5. The second kappa shape index (κ2) is 17.9. The number of esters is 1. The lowest BCUT2D eigenvalue weighted by Crippen LogP contribution is -2.64. The fourth-order valence-corrected chi connectivity index (χ4v) is 7.97. The van der Waals surface area contributed by atoms with Crippen molar-refractivity contribution < 1.29 is 51.8 Å². The van der Waals surface area contributed by atoms with Crippen LogP contribution >= 0.6 is 0 Å². The van der Waals surface area contributed by atoms with Crippen LogP contribution in [0.15, 0.2) is 42.5 Å². The molecule has 6 rings (SSSR count). The van der Waals surface area contributed by atoms with Crippen LogP contribution in [0.2, 0.25) is 0 Å². The van der Waals surface area contributed by atoms with E-state index in [0.717, 1.165) is 17.7 Å². The lowest BCUT2D eigenvalue weighted by Gasteiger charge is -2.39. The Kier molecular flexibility index (Phi) is 12.9. The number of fused-ring (bicyclic) bond motifs is 3. The molecule has 4 fully saturated rings. The summed E-state index contributed by atoms with van der Waals surface area (Å²) in [6.07, 6.45) is -0.959. The number of halogens is 2. The zero-order valence-electron chi connectivity index (χ0n) is 32.8. The molecule has 2 aromatic rings. The number of benzene rings is 2. The van der Waals surface area contributed by atoms with E-state index in [1.165, 1.54) is 28.5 Å². The third-order valence-corrected chi connectivity index (χ3v) is 11.0. The molecule has 58 heavy (non-hydrogen) atoms. The molecule has 0 aliphatic carbocycles. The van der Waals surface area contributed by atoms with Crippen LogP contribution in [0.25, 0.3) is 0 Å². The number of anilines is 1. The summed E-state index contributed by atoms with van der Waals surface area (Å²) in [7, 11) is 0. The van der Waals surface area contributed by atoms with Gasteiger partial charge in [0.15, 0.2) is 0 Å². The molecular weight excluding hydrogens is 760 g/mol. The van der Waals surface area contributed by atoms with E-state index in [0.29, 0.717) is 18.2 Å². The van der Waals surface area contributed by atoms with Crippen LogP contribution < -0.4 is 21.3 Å². The summed E-state index contributed by atoms with van der Waals surface area (Å²) in [5.74, 6) is -6.30. The monoisotopic (exact) mass is 809 g/mol. The maximum Gasteiger partial charge on any atom is 0.329 e. The fourth-order valence-electron chi connectivity index (χ4n) is 7.97. The van der Waals surface area contributed by atoms with Crippen molar-refractivity contribution >= 4 is 47.2 Å². The highest BCUT2D eigenvalue weighted by Crippen LogP contribution is 2.28. The van der Waals surface area contributed by atoms with Crippen molar-refractivity contribution in [2.24, 2.45) is 5.92 Å². The summed E-state index contributed by atoms with van der Waals surface area (Å²) in [5, 5.41) is 10.4. The molecule has 4 aliphatic rings. The third kappa shape index (κ3) is 9.54. The van der Waals surface area contributed by atoms with Crippen molar-refractivity contribution in [1.82, 2.24) is 30.7 Å². The van der Waals surface area contributed by atoms with Crippen molar-refractivity contribution in [3.8, 4) is 0 Å². The van der Waals surface area contributed by atoms with E-state index >= 15 is 0 Å². The first kappa shape index (κ1) is 42.0. The number of morpholine rings is 1. The number of rotatable bonds is 6. The Hall–Kier alpha value is -5.65. The molecule has 312 valence electrons. The molecule has 0 bridgehead atoms. The molecule has 0 unspecified atom stereocenters. The molecule has 7 amide bonds. The van der Waals surface area contributed by atoms with Crippen LogP contribution in [0, 0.1) is 24.5 Å². The predicted molar refractivity (Wildman–Crippen MR) is 203 cm³/mol. The molecule has 0 aromatic heterocycles. The predicted octanol–water partition coefficient (Wildman–Crippen LogP) is 1.40. The van der Waals surface area contributed by atoms with E-state index in [1.54, 1.807) is 24.3 Å². The number of carbonyl (C=O) groups excluding carboxylic acids is 7. The number of urea groups is 1. The second-order valence-corrected chi connectivity index (χ2v) is 15.5. The average molecular weight is 810 g/mol. The molecule has 0 radical (unpaired) electrons. The summed E-state index contributed by atoms with van der Waals surface area (Å²) in [4.78, 5) is 102. The highest BCUT2D eigenvalue weighted by atomic mass is 19.1. The van der Waals surface area contributed by atoms with Gasteiger partial charge in [-0.25, -0.2) is 18.4 Å². The molecule has 16 nitrogen and oxygen atoms in total. The highest BCUT2D eigenvalue weighted by Gasteiger charge is 2.47. The molecule has 4 aliphatic heterocycles. The van der Waals surface area contributed by atoms with Crippen molar-refractivity contribution in [2.75, 3.05) is 38.2 Å². The molecule has 0 saturated carbocycles. The quantitative estimate of drug-likeness (QED) is 0.312. The van der Waals surface area contributed by atoms with Gasteiger partial charge < -0.3 is 45.4 Å². The van der Waals surface area contributed by atoms with Crippen LogP contribution in [0.1, 0.15) is 51.2 Å². The smallest absolute Gasteiger partial charge is 0.329 e. The van der Waals surface area contributed by atoms with Gasteiger partial charge in [-0.1, -0.05) is 24.6 Å². The standard InChI is InChI=1S/C40H49F2N7O9/c1-21-7-9-28(10-8-21)44-40(56)45-29(17-25-15-26(41)18-27(42)16-25)34(50)46-33-24(4)58-39(55)31-14-22(2)19-49(31)36(52)23(3)43-35(51)32-20-57-13-12-48(32)37(53)30-6-5-11-47(30)38(33)54/h7-10,15-16,18,22-24,29-33H,5-6,11-14,17,19-20H2,1-4H3,(H,43,51)(H,46,50)(H2,44,45,56)/t22-,23+,24+,29+,30+,31+,32+,33+/m1/s1. The van der Waals surface area contributed by atoms with E-state index in [4.69, 9.17) is 9.47 Å². The van der Waals surface area contributed by atoms with Crippen LogP contribution in [0.3, 0.4) is 0 Å². The molecule has 4 N–H and O–H groups in total.